The molecule has 0 bridgehead atoms. The quantitative estimate of drug-likeness (QED) is 0.869. The molecule has 0 radical (unpaired) electrons. The van der Waals surface area contributed by atoms with Gasteiger partial charge in [-0.25, -0.2) is 12.7 Å². The van der Waals surface area contributed by atoms with Crippen LogP contribution >= 0.6 is 0 Å². The number of benzene rings is 1. The molecule has 7 heteroatoms. The van der Waals surface area contributed by atoms with Crippen molar-refractivity contribution in [1.29, 1.82) is 0 Å². The maximum Gasteiger partial charge on any atom is 0.269 e. The maximum atomic E-state index is 12.2. The molecule has 1 aromatic rings. The zero-order chi connectivity index (χ0) is 14.3. The molecule has 2 aliphatic rings. The van der Waals surface area contributed by atoms with Crippen molar-refractivity contribution >= 4 is 21.8 Å². The number of carbonyl (C=O) groups excluding carboxylic acids is 2. The third-order valence-corrected chi connectivity index (χ3v) is 5.31. The molecule has 6 nitrogen and oxygen atoms in total. The number of amides is 2. The Morgan fingerprint density at radius 1 is 1.30 bits per heavy atom. The summed E-state index contributed by atoms with van der Waals surface area (Å²) >= 11 is 0. The van der Waals surface area contributed by atoms with Crippen LogP contribution in [-0.4, -0.2) is 37.6 Å². The van der Waals surface area contributed by atoms with E-state index in [1.165, 1.54) is 12.1 Å². The summed E-state index contributed by atoms with van der Waals surface area (Å²) in [4.78, 5) is 23.6. The number of sulfonamides is 1. The molecule has 1 aliphatic heterocycles. The molecule has 3 rings (SSSR count). The van der Waals surface area contributed by atoms with Gasteiger partial charge >= 0.3 is 0 Å². The number of rotatable bonds is 4. The van der Waals surface area contributed by atoms with Crippen LogP contribution in [0.4, 0.5) is 0 Å². The lowest BCUT2D eigenvalue weighted by Gasteiger charge is -2.15. The van der Waals surface area contributed by atoms with Gasteiger partial charge in [-0.1, -0.05) is 12.1 Å². The highest BCUT2D eigenvalue weighted by molar-refractivity contribution is 7.90. The average molecular weight is 294 g/mol. The van der Waals surface area contributed by atoms with Crippen molar-refractivity contribution in [3.63, 3.8) is 0 Å². The topological polar surface area (TPSA) is 83.6 Å². The second-order valence-electron chi connectivity index (χ2n) is 4.94. The number of hydrogen-bond donors (Lipinski definition) is 1. The fourth-order valence-electron chi connectivity index (χ4n) is 2.22. The molecule has 0 aromatic heterocycles. The van der Waals surface area contributed by atoms with Crippen LogP contribution in [0.25, 0.3) is 0 Å². The van der Waals surface area contributed by atoms with Gasteiger partial charge in [0.1, 0.15) is 4.90 Å². The molecule has 1 N–H and O–H groups in total. The number of nitrogens with zero attached hydrogens (tertiary/aromatic N) is 1. The van der Waals surface area contributed by atoms with Gasteiger partial charge in [0, 0.05) is 12.5 Å². The molecule has 1 aromatic carbocycles. The van der Waals surface area contributed by atoms with Crippen LogP contribution in [0.1, 0.15) is 23.2 Å². The highest BCUT2D eigenvalue weighted by Gasteiger charge is 2.40. The summed E-state index contributed by atoms with van der Waals surface area (Å²) in [5.41, 5.74) is 0.195. The Balaban J connectivity index is 1.71. The fraction of sp³-hybridized carbons (Fsp3) is 0.385. The maximum absolute atomic E-state index is 12.2. The van der Waals surface area contributed by atoms with Gasteiger partial charge in [0.25, 0.3) is 15.9 Å². The molecule has 1 fully saturated rings. The van der Waals surface area contributed by atoms with E-state index in [9.17, 15) is 18.0 Å². The van der Waals surface area contributed by atoms with Crippen LogP contribution in [0.3, 0.4) is 0 Å². The Morgan fingerprint density at radius 3 is 2.65 bits per heavy atom. The molecule has 1 heterocycles. The summed E-state index contributed by atoms with van der Waals surface area (Å²) < 4.78 is 25.2. The predicted octanol–water partition coefficient (Wildman–Crippen LogP) is 0.357. The van der Waals surface area contributed by atoms with Crippen molar-refractivity contribution in [2.24, 2.45) is 5.92 Å². The molecule has 0 unspecified atom stereocenters. The number of fused-ring (bicyclic) bond motifs is 1. The first-order valence-corrected chi connectivity index (χ1v) is 7.89. The van der Waals surface area contributed by atoms with Gasteiger partial charge in [-0.2, -0.15) is 0 Å². The summed E-state index contributed by atoms with van der Waals surface area (Å²) in [5.74, 6) is -0.522. The van der Waals surface area contributed by atoms with Gasteiger partial charge in [-0.15, -0.1) is 0 Å². The molecule has 2 amide bonds. The SMILES string of the molecule is O=C(NCCN1C(=O)c2ccccc2S1(=O)=O)C1CC1. The van der Waals surface area contributed by atoms with Gasteiger partial charge in [0.2, 0.25) is 5.91 Å². The Bertz CT molecular complexity index is 679. The first kappa shape index (κ1) is 13.1. The molecule has 0 atom stereocenters. The number of carbonyl (C=O) groups is 2. The van der Waals surface area contributed by atoms with Crippen LogP contribution in [0.2, 0.25) is 0 Å². The summed E-state index contributed by atoms with van der Waals surface area (Å²) in [6, 6.07) is 6.13. The summed E-state index contributed by atoms with van der Waals surface area (Å²) in [6.45, 7) is 0.114. The van der Waals surface area contributed by atoms with Crippen LogP contribution in [-0.2, 0) is 14.8 Å². The van der Waals surface area contributed by atoms with Crippen molar-refractivity contribution in [3.8, 4) is 0 Å². The van der Waals surface area contributed by atoms with Gasteiger partial charge in [-0.05, 0) is 25.0 Å². The smallest absolute Gasteiger partial charge is 0.269 e. The molecular weight excluding hydrogens is 280 g/mol. The summed E-state index contributed by atoms with van der Waals surface area (Å²) in [7, 11) is -3.77. The lowest BCUT2D eigenvalue weighted by molar-refractivity contribution is -0.122. The lowest BCUT2D eigenvalue weighted by Crippen LogP contribution is -2.38. The van der Waals surface area contributed by atoms with Gasteiger partial charge in [0.15, 0.2) is 0 Å². The van der Waals surface area contributed by atoms with Crippen LogP contribution in [0, 0.1) is 5.92 Å². The Labute approximate surface area is 116 Å². The number of hydrogen-bond acceptors (Lipinski definition) is 4. The van der Waals surface area contributed by atoms with Gasteiger partial charge in [-0.3, -0.25) is 9.59 Å². The molecule has 1 saturated carbocycles. The van der Waals surface area contributed by atoms with Crippen molar-refractivity contribution in [2.75, 3.05) is 13.1 Å². The minimum atomic E-state index is -3.77. The highest BCUT2D eigenvalue weighted by atomic mass is 32.2. The van der Waals surface area contributed by atoms with E-state index >= 15 is 0 Å². The van der Waals surface area contributed by atoms with Crippen molar-refractivity contribution in [2.45, 2.75) is 17.7 Å². The molecule has 20 heavy (non-hydrogen) atoms. The minimum absolute atomic E-state index is 0.0334. The zero-order valence-corrected chi connectivity index (χ0v) is 11.5. The van der Waals surface area contributed by atoms with E-state index in [0.717, 1.165) is 17.1 Å². The normalized spacial score (nSPS) is 19.8. The van der Waals surface area contributed by atoms with E-state index in [4.69, 9.17) is 0 Å². The second kappa shape index (κ2) is 4.59. The molecule has 1 aliphatic carbocycles. The third kappa shape index (κ3) is 2.07. The Hall–Kier alpha value is -1.89. The first-order valence-electron chi connectivity index (χ1n) is 6.45. The van der Waals surface area contributed by atoms with Gasteiger partial charge in [0.05, 0.1) is 12.1 Å². The minimum Gasteiger partial charge on any atom is -0.354 e. The van der Waals surface area contributed by atoms with Crippen molar-refractivity contribution < 1.29 is 18.0 Å². The van der Waals surface area contributed by atoms with E-state index < -0.39 is 15.9 Å². The fourth-order valence-corrected chi connectivity index (χ4v) is 3.79. The van der Waals surface area contributed by atoms with Crippen LogP contribution in [0.5, 0.6) is 0 Å². The van der Waals surface area contributed by atoms with E-state index in [1.807, 2.05) is 0 Å². The highest BCUT2D eigenvalue weighted by Crippen LogP contribution is 2.30. The monoisotopic (exact) mass is 294 g/mol. The summed E-state index contributed by atoms with van der Waals surface area (Å²) in [6.07, 6.45) is 1.77. The van der Waals surface area contributed by atoms with E-state index in [1.54, 1.807) is 12.1 Å². The van der Waals surface area contributed by atoms with Crippen LogP contribution < -0.4 is 5.32 Å². The Morgan fingerprint density at radius 2 is 2.00 bits per heavy atom. The van der Waals surface area contributed by atoms with E-state index in [0.29, 0.717) is 0 Å². The molecule has 106 valence electrons. The van der Waals surface area contributed by atoms with E-state index in [-0.39, 0.29) is 35.4 Å². The zero-order valence-electron chi connectivity index (χ0n) is 10.7. The average Bonchev–Trinajstić information content (AvgIpc) is 3.24. The standard InChI is InChI=1S/C13H14N2O4S/c16-12(9-5-6-9)14-7-8-15-13(17)10-3-1-2-4-11(10)20(15,18)19/h1-4,9H,5-8H2,(H,14,16). The number of nitrogens with one attached hydrogen (secondary N) is 1. The second-order valence-corrected chi connectivity index (χ2v) is 6.77. The van der Waals surface area contributed by atoms with Crippen molar-refractivity contribution in [1.82, 2.24) is 9.62 Å². The summed E-state index contributed by atoms with van der Waals surface area (Å²) in [5, 5.41) is 2.66. The van der Waals surface area contributed by atoms with Crippen LogP contribution in [0.15, 0.2) is 29.2 Å². The van der Waals surface area contributed by atoms with Crippen molar-refractivity contribution in [3.05, 3.63) is 29.8 Å². The van der Waals surface area contributed by atoms with Gasteiger partial charge < -0.3 is 5.32 Å². The Kier molecular flexibility index (Phi) is 3.01. The first-order chi connectivity index (χ1) is 9.51. The lowest BCUT2D eigenvalue weighted by atomic mass is 10.2. The predicted molar refractivity (Wildman–Crippen MR) is 70.4 cm³/mol. The third-order valence-electron chi connectivity index (χ3n) is 3.47. The molecule has 0 saturated heterocycles. The molecule has 0 spiro atoms. The van der Waals surface area contributed by atoms with E-state index in [2.05, 4.69) is 5.32 Å². The largest absolute Gasteiger partial charge is 0.354 e. The molecular formula is C13H14N2O4S.